The van der Waals surface area contributed by atoms with E-state index in [-0.39, 0.29) is 11.5 Å². The van der Waals surface area contributed by atoms with Gasteiger partial charge in [-0.25, -0.2) is 0 Å². The van der Waals surface area contributed by atoms with E-state index < -0.39 is 0 Å². The molecule has 1 aromatic heterocycles. The largest absolute Gasteiger partial charge is 0.352 e. The lowest BCUT2D eigenvalue weighted by atomic mass is 10.2. The third-order valence-electron chi connectivity index (χ3n) is 2.18. The lowest BCUT2D eigenvalue weighted by molar-refractivity contribution is 0.0953. The van der Waals surface area contributed by atoms with Crippen LogP contribution in [0, 0.1) is 0 Å². The molecule has 0 radical (unpaired) electrons. The minimum Gasteiger partial charge on any atom is -0.352 e. The summed E-state index contributed by atoms with van der Waals surface area (Å²) < 4.78 is 1.43. The first-order chi connectivity index (χ1) is 7.15. The van der Waals surface area contributed by atoms with Crippen molar-refractivity contribution >= 4 is 5.91 Å². The predicted molar refractivity (Wildman–Crippen MR) is 58.9 cm³/mol. The summed E-state index contributed by atoms with van der Waals surface area (Å²) in [5, 5.41) is 2.76. The minimum absolute atomic E-state index is 0.168. The Bertz CT molecular complexity index is 396. The van der Waals surface area contributed by atoms with Gasteiger partial charge in [-0.2, -0.15) is 0 Å². The molecule has 1 amide bonds. The van der Waals surface area contributed by atoms with E-state index in [1.165, 1.54) is 10.6 Å². The number of unbranched alkanes of at least 4 members (excludes halogenated alkanes) is 1. The molecule has 0 aromatic carbocycles. The standard InChI is InChI=1S/C11H16N2O2/c1-3-4-6-12-11(15)9-5-7-13(2)10(14)8-9/h5,7-8H,3-4,6H2,1-2H3,(H,12,15). The maximum atomic E-state index is 11.5. The lowest BCUT2D eigenvalue weighted by Crippen LogP contribution is -2.26. The first kappa shape index (κ1) is 11.5. The fraction of sp³-hybridized carbons (Fsp3) is 0.455. The molecule has 4 nitrogen and oxygen atoms in total. The van der Waals surface area contributed by atoms with Crippen LogP contribution < -0.4 is 10.9 Å². The first-order valence-corrected chi connectivity index (χ1v) is 5.10. The van der Waals surface area contributed by atoms with Crippen molar-refractivity contribution in [2.45, 2.75) is 19.8 Å². The molecule has 0 aliphatic rings. The summed E-state index contributed by atoms with van der Waals surface area (Å²) in [4.78, 5) is 22.8. The Morgan fingerprint density at radius 2 is 2.27 bits per heavy atom. The second-order valence-electron chi connectivity index (χ2n) is 3.47. The first-order valence-electron chi connectivity index (χ1n) is 5.10. The van der Waals surface area contributed by atoms with Gasteiger partial charge in [-0.05, 0) is 12.5 Å². The molecule has 0 unspecified atom stereocenters. The molecular weight excluding hydrogens is 192 g/mol. The van der Waals surface area contributed by atoms with Crippen molar-refractivity contribution in [2.75, 3.05) is 6.54 Å². The van der Waals surface area contributed by atoms with E-state index in [9.17, 15) is 9.59 Å². The van der Waals surface area contributed by atoms with Crippen LogP contribution in [-0.2, 0) is 7.05 Å². The molecule has 82 valence electrons. The molecule has 1 N–H and O–H groups in total. The topological polar surface area (TPSA) is 51.1 Å². The van der Waals surface area contributed by atoms with Crippen molar-refractivity contribution in [3.05, 3.63) is 34.2 Å². The fourth-order valence-electron chi connectivity index (χ4n) is 1.17. The number of hydrogen-bond acceptors (Lipinski definition) is 2. The summed E-state index contributed by atoms with van der Waals surface area (Å²) >= 11 is 0. The molecule has 1 rings (SSSR count). The highest BCUT2D eigenvalue weighted by atomic mass is 16.2. The Kier molecular flexibility index (Phi) is 4.09. The molecule has 15 heavy (non-hydrogen) atoms. The Hall–Kier alpha value is -1.58. The Balaban J connectivity index is 2.66. The van der Waals surface area contributed by atoms with Crippen molar-refractivity contribution in [3.8, 4) is 0 Å². The van der Waals surface area contributed by atoms with Gasteiger partial charge < -0.3 is 9.88 Å². The van der Waals surface area contributed by atoms with Gasteiger partial charge in [0, 0.05) is 31.4 Å². The van der Waals surface area contributed by atoms with Crippen molar-refractivity contribution < 1.29 is 4.79 Å². The van der Waals surface area contributed by atoms with E-state index in [1.54, 1.807) is 19.3 Å². The second kappa shape index (κ2) is 5.34. The van der Waals surface area contributed by atoms with E-state index in [0.717, 1.165) is 12.8 Å². The maximum Gasteiger partial charge on any atom is 0.251 e. The van der Waals surface area contributed by atoms with Crippen LogP contribution in [0.5, 0.6) is 0 Å². The third kappa shape index (κ3) is 3.23. The van der Waals surface area contributed by atoms with E-state index >= 15 is 0 Å². The molecule has 0 saturated heterocycles. The number of aryl methyl sites for hydroxylation is 1. The third-order valence-corrected chi connectivity index (χ3v) is 2.18. The van der Waals surface area contributed by atoms with Gasteiger partial charge in [0.1, 0.15) is 0 Å². The number of carbonyl (C=O) groups excluding carboxylic acids is 1. The second-order valence-corrected chi connectivity index (χ2v) is 3.47. The van der Waals surface area contributed by atoms with Crippen LogP contribution in [0.15, 0.2) is 23.1 Å². The van der Waals surface area contributed by atoms with Crippen LogP contribution in [0.2, 0.25) is 0 Å². The molecular formula is C11H16N2O2. The van der Waals surface area contributed by atoms with Crippen LogP contribution in [0.1, 0.15) is 30.1 Å². The van der Waals surface area contributed by atoms with E-state index in [1.807, 2.05) is 0 Å². The zero-order chi connectivity index (χ0) is 11.3. The number of pyridine rings is 1. The molecule has 0 saturated carbocycles. The minimum atomic E-state index is -0.179. The molecule has 0 aliphatic heterocycles. The normalized spacial score (nSPS) is 10.0. The average molecular weight is 208 g/mol. The van der Waals surface area contributed by atoms with Gasteiger partial charge in [0.2, 0.25) is 0 Å². The smallest absolute Gasteiger partial charge is 0.251 e. The molecule has 0 spiro atoms. The highest BCUT2D eigenvalue weighted by Crippen LogP contribution is 1.94. The summed E-state index contributed by atoms with van der Waals surface area (Å²) in [6, 6.07) is 2.99. The van der Waals surface area contributed by atoms with Crippen LogP contribution in [-0.4, -0.2) is 17.0 Å². The summed E-state index contributed by atoms with van der Waals surface area (Å²) in [5.74, 6) is -0.179. The van der Waals surface area contributed by atoms with Crippen LogP contribution in [0.3, 0.4) is 0 Å². The summed E-state index contributed by atoms with van der Waals surface area (Å²) in [5.41, 5.74) is 0.257. The van der Waals surface area contributed by atoms with Gasteiger partial charge in [-0.3, -0.25) is 9.59 Å². The molecule has 0 aliphatic carbocycles. The van der Waals surface area contributed by atoms with Crippen molar-refractivity contribution in [2.24, 2.45) is 7.05 Å². The zero-order valence-corrected chi connectivity index (χ0v) is 9.12. The van der Waals surface area contributed by atoms with Crippen LogP contribution in [0.25, 0.3) is 0 Å². The highest BCUT2D eigenvalue weighted by Gasteiger charge is 2.05. The Morgan fingerprint density at radius 3 is 2.87 bits per heavy atom. The monoisotopic (exact) mass is 208 g/mol. The van der Waals surface area contributed by atoms with Crippen LogP contribution >= 0.6 is 0 Å². The number of nitrogens with zero attached hydrogens (tertiary/aromatic N) is 1. The quantitative estimate of drug-likeness (QED) is 0.748. The summed E-state index contributed by atoms with van der Waals surface area (Å²) in [7, 11) is 1.65. The van der Waals surface area contributed by atoms with Crippen molar-refractivity contribution in [1.82, 2.24) is 9.88 Å². The van der Waals surface area contributed by atoms with Gasteiger partial charge in [0.05, 0.1) is 0 Å². The SMILES string of the molecule is CCCCNC(=O)c1ccn(C)c(=O)c1. The number of aromatic nitrogens is 1. The number of carbonyl (C=O) groups is 1. The van der Waals surface area contributed by atoms with Crippen molar-refractivity contribution in [1.29, 1.82) is 0 Å². The summed E-state index contributed by atoms with van der Waals surface area (Å²) in [6.07, 6.45) is 3.59. The average Bonchev–Trinajstić information content (AvgIpc) is 2.22. The van der Waals surface area contributed by atoms with Crippen LogP contribution in [0.4, 0.5) is 0 Å². The molecule has 1 heterocycles. The number of hydrogen-bond donors (Lipinski definition) is 1. The molecule has 0 atom stereocenters. The van der Waals surface area contributed by atoms with Gasteiger partial charge in [0.15, 0.2) is 0 Å². The van der Waals surface area contributed by atoms with Crippen molar-refractivity contribution in [3.63, 3.8) is 0 Å². The van der Waals surface area contributed by atoms with E-state index in [2.05, 4.69) is 12.2 Å². The number of rotatable bonds is 4. The lowest BCUT2D eigenvalue weighted by Gasteiger charge is -2.04. The van der Waals surface area contributed by atoms with E-state index in [0.29, 0.717) is 12.1 Å². The molecule has 1 aromatic rings. The van der Waals surface area contributed by atoms with Gasteiger partial charge in [0.25, 0.3) is 11.5 Å². The number of amides is 1. The zero-order valence-electron chi connectivity index (χ0n) is 9.12. The predicted octanol–water partition coefficient (Wildman–Crippen LogP) is 0.915. The number of nitrogens with one attached hydrogen (secondary N) is 1. The van der Waals surface area contributed by atoms with Gasteiger partial charge >= 0.3 is 0 Å². The Morgan fingerprint density at radius 1 is 1.53 bits per heavy atom. The Labute approximate surface area is 88.9 Å². The highest BCUT2D eigenvalue weighted by molar-refractivity contribution is 5.93. The van der Waals surface area contributed by atoms with Gasteiger partial charge in [-0.1, -0.05) is 13.3 Å². The van der Waals surface area contributed by atoms with E-state index in [4.69, 9.17) is 0 Å². The molecule has 4 heteroatoms. The van der Waals surface area contributed by atoms with Gasteiger partial charge in [-0.15, -0.1) is 0 Å². The molecule has 0 bridgehead atoms. The maximum absolute atomic E-state index is 11.5. The summed E-state index contributed by atoms with van der Waals surface area (Å²) in [6.45, 7) is 2.72. The fourth-order valence-corrected chi connectivity index (χ4v) is 1.17. The molecule has 0 fully saturated rings.